The van der Waals surface area contributed by atoms with Crippen LogP contribution in [0.2, 0.25) is 5.02 Å². The van der Waals surface area contributed by atoms with Gasteiger partial charge in [0.1, 0.15) is 0 Å². The molecule has 1 aromatic carbocycles. The number of nitrogens with zero attached hydrogens (tertiary/aromatic N) is 2. The molecule has 0 saturated carbocycles. The molecule has 0 radical (unpaired) electrons. The second kappa shape index (κ2) is 5.25. The van der Waals surface area contributed by atoms with Crippen LogP contribution in [0.5, 0.6) is 0 Å². The number of nitrogens with one attached hydrogen (secondary N) is 1. The molecule has 0 atom stereocenters. The number of rotatable bonds is 2. The number of hydrogen-bond donors (Lipinski definition) is 1. The molecule has 1 aromatic heterocycles. The molecule has 1 N–H and O–H groups in total. The van der Waals surface area contributed by atoms with Crippen LogP contribution in [0.3, 0.4) is 0 Å². The fraction of sp³-hybridized carbons (Fsp3) is 0. The summed E-state index contributed by atoms with van der Waals surface area (Å²) in [7, 11) is 0. The van der Waals surface area contributed by atoms with Gasteiger partial charge in [0.05, 0.1) is 5.56 Å². The minimum Gasteiger partial charge on any atom is -0.305 e. The normalized spacial score (nSPS) is 10.0. The average molecular weight is 313 g/mol. The summed E-state index contributed by atoms with van der Waals surface area (Å²) in [6.45, 7) is 0. The van der Waals surface area contributed by atoms with E-state index in [4.69, 9.17) is 11.6 Å². The van der Waals surface area contributed by atoms with Crippen LogP contribution in [-0.4, -0.2) is 16.1 Å². The number of anilines is 1. The Bertz CT molecular complexity index is 548. The Morgan fingerprint density at radius 1 is 1.35 bits per heavy atom. The Hall–Kier alpha value is -1.46. The largest absolute Gasteiger partial charge is 0.305 e. The highest BCUT2D eigenvalue weighted by Gasteiger charge is 2.10. The van der Waals surface area contributed by atoms with Crippen LogP contribution in [0.25, 0.3) is 0 Å². The Labute approximate surface area is 111 Å². The van der Waals surface area contributed by atoms with Gasteiger partial charge in [-0.15, -0.1) is 5.10 Å². The maximum Gasteiger partial charge on any atom is 0.258 e. The van der Waals surface area contributed by atoms with Crippen LogP contribution in [0.15, 0.2) is 41.0 Å². The van der Waals surface area contributed by atoms with E-state index in [1.807, 2.05) is 0 Å². The molecule has 4 nitrogen and oxygen atoms in total. The topological polar surface area (TPSA) is 54.9 Å². The maximum absolute atomic E-state index is 11.9. The number of hydrogen-bond acceptors (Lipinski definition) is 3. The summed E-state index contributed by atoms with van der Waals surface area (Å²) in [4.78, 5) is 11.9. The molecule has 17 heavy (non-hydrogen) atoms. The van der Waals surface area contributed by atoms with E-state index in [0.29, 0.717) is 20.9 Å². The van der Waals surface area contributed by atoms with Crippen molar-refractivity contribution in [3.8, 4) is 0 Å². The van der Waals surface area contributed by atoms with E-state index in [9.17, 15) is 4.79 Å². The van der Waals surface area contributed by atoms with Crippen molar-refractivity contribution in [3.05, 3.63) is 51.6 Å². The van der Waals surface area contributed by atoms with E-state index in [1.165, 1.54) is 6.20 Å². The predicted octanol–water partition coefficient (Wildman–Crippen LogP) is 3.14. The monoisotopic (exact) mass is 311 g/mol. The second-order valence-electron chi connectivity index (χ2n) is 3.19. The number of aromatic nitrogens is 2. The van der Waals surface area contributed by atoms with Gasteiger partial charge in [0.25, 0.3) is 5.91 Å². The van der Waals surface area contributed by atoms with E-state index in [-0.39, 0.29) is 5.91 Å². The number of carbonyl (C=O) groups excluding carboxylic acids is 1. The lowest BCUT2D eigenvalue weighted by Crippen LogP contribution is -2.13. The van der Waals surface area contributed by atoms with Crippen LogP contribution in [-0.2, 0) is 0 Å². The van der Waals surface area contributed by atoms with Gasteiger partial charge in [-0.25, -0.2) is 0 Å². The molecule has 86 valence electrons. The van der Waals surface area contributed by atoms with E-state index in [2.05, 4.69) is 31.4 Å². The smallest absolute Gasteiger partial charge is 0.258 e. The van der Waals surface area contributed by atoms with Crippen LogP contribution in [0.4, 0.5) is 5.82 Å². The summed E-state index contributed by atoms with van der Waals surface area (Å²) in [5.41, 5.74) is 0.486. The highest BCUT2D eigenvalue weighted by Crippen LogP contribution is 2.22. The second-order valence-corrected chi connectivity index (χ2v) is 4.48. The molecule has 0 fully saturated rings. The fourth-order valence-electron chi connectivity index (χ4n) is 1.23. The fourth-order valence-corrected chi connectivity index (χ4v) is 2.09. The van der Waals surface area contributed by atoms with Gasteiger partial charge in [0, 0.05) is 15.7 Å². The van der Waals surface area contributed by atoms with Gasteiger partial charge in [-0.3, -0.25) is 4.79 Å². The van der Waals surface area contributed by atoms with Gasteiger partial charge >= 0.3 is 0 Å². The quantitative estimate of drug-likeness (QED) is 0.927. The van der Waals surface area contributed by atoms with Crippen molar-refractivity contribution in [1.29, 1.82) is 0 Å². The lowest BCUT2D eigenvalue weighted by molar-refractivity contribution is 0.102. The van der Waals surface area contributed by atoms with Crippen molar-refractivity contribution in [3.63, 3.8) is 0 Å². The van der Waals surface area contributed by atoms with Gasteiger partial charge < -0.3 is 5.32 Å². The Morgan fingerprint density at radius 2 is 2.18 bits per heavy atom. The number of halogens is 2. The Kier molecular flexibility index (Phi) is 3.71. The van der Waals surface area contributed by atoms with E-state index >= 15 is 0 Å². The minimum atomic E-state index is -0.269. The van der Waals surface area contributed by atoms with Crippen molar-refractivity contribution in [1.82, 2.24) is 10.2 Å². The minimum absolute atomic E-state index is 0.269. The Balaban J connectivity index is 2.21. The molecule has 1 heterocycles. The molecule has 2 aromatic rings. The van der Waals surface area contributed by atoms with Crippen molar-refractivity contribution in [2.75, 3.05) is 5.32 Å². The summed E-state index contributed by atoms with van der Waals surface area (Å²) in [5.74, 6) is 0.133. The molecule has 0 unspecified atom stereocenters. The lowest BCUT2D eigenvalue weighted by atomic mass is 10.2. The third-order valence-corrected chi connectivity index (χ3v) is 2.88. The summed E-state index contributed by atoms with van der Waals surface area (Å²) >= 11 is 9.08. The first-order valence-electron chi connectivity index (χ1n) is 4.71. The van der Waals surface area contributed by atoms with Gasteiger partial charge in [0.2, 0.25) is 0 Å². The average Bonchev–Trinajstić information content (AvgIpc) is 2.30. The third kappa shape index (κ3) is 3.01. The zero-order valence-electron chi connectivity index (χ0n) is 8.52. The standard InChI is InChI=1S/C11H7BrClN3O/c12-9-6-7(13)3-4-8(9)11(17)15-10-2-1-5-14-16-10/h1-6H,(H,15,16,17). The van der Waals surface area contributed by atoms with Crippen LogP contribution >= 0.6 is 27.5 Å². The SMILES string of the molecule is O=C(Nc1cccnn1)c1ccc(Cl)cc1Br. The summed E-state index contributed by atoms with van der Waals surface area (Å²) in [6.07, 6.45) is 1.54. The highest BCUT2D eigenvalue weighted by molar-refractivity contribution is 9.10. The predicted molar refractivity (Wildman–Crippen MR) is 69.1 cm³/mol. The molecular formula is C11H7BrClN3O. The molecular weight excluding hydrogens is 305 g/mol. The van der Waals surface area contributed by atoms with Crippen molar-refractivity contribution < 1.29 is 4.79 Å². The first-order chi connectivity index (χ1) is 8.16. The highest BCUT2D eigenvalue weighted by atomic mass is 79.9. The zero-order valence-corrected chi connectivity index (χ0v) is 10.9. The molecule has 0 aliphatic heterocycles. The summed E-state index contributed by atoms with van der Waals surface area (Å²) in [6, 6.07) is 8.30. The van der Waals surface area contributed by atoms with Crippen LogP contribution in [0, 0.1) is 0 Å². The third-order valence-electron chi connectivity index (χ3n) is 1.99. The summed E-state index contributed by atoms with van der Waals surface area (Å²) < 4.78 is 0.631. The van der Waals surface area contributed by atoms with Crippen molar-refractivity contribution in [2.45, 2.75) is 0 Å². The molecule has 6 heteroatoms. The molecule has 0 aliphatic rings. The molecule has 0 bridgehead atoms. The van der Waals surface area contributed by atoms with E-state index in [1.54, 1.807) is 30.3 Å². The maximum atomic E-state index is 11.9. The van der Waals surface area contributed by atoms with Crippen molar-refractivity contribution in [2.24, 2.45) is 0 Å². The number of carbonyl (C=O) groups is 1. The molecule has 0 spiro atoms. The molecule has 0 aliphatic carbocycles. The number of benzene rings is 1. The van der Waals surface area contributed by atoms with E-state index in [0.717, 1.165) is 0 Å². The van der Waals surface area contributed by atoms with Gasteiger partial charge in [-0.05, 0) is 46.3 Å². The zero-order chi connectivity index (χ0) is 12.3. The molecule has 0 saturated heterocycles. The van der Waals surface area contributed by atoms with Crippen molar-refractivity contribution >= 4 is 39.3 Å². The Morgan fingerprint density at radius 3 is 2.82 bits per heavy atom. The number of amides is 1. The molecule has 1 amide bonds. The summed E-state index contributed by atoms with van der Waals surface area (Å²) in [5, 5.41) is 10.6. The van der Waals surface area contributed by atoms with Gasteiger partial charge in [-0.2, -0.15) is 5.10 Å². The van der Waals surface area contributed by atoms with Crippen LogP contribution in [0.1, 0.15) is 10.4 Å². The molecule has 2 rings (SSSR count). The lowest BCUT2D eigenvalue weighted by Gasteiger charge is -2.05. The first-order valence-corrected chi connectivity index (χ1v) is 5.88. The van der Waals surface area contributed by atoms with Crippen LogP contribution < -0.4 is 5.32 Å². The van der Waals surface area contributed by atoms with E-state index < -0.39 is 0 Å². The first kappa shape index (κ1) is 12.0. The van der Waals surface area contributed by atoms with Gasteiger partial charge in [0.15, 0.2) is 5.82 Å². The van der Waals surface area contributed by atoms with Gasteiger partial charge in [-0.1, -0.05) is 11.6 Å².